The predicted molar refractivity (Wildman–Crippen MR) is 77.6 cm³/mol. The molecule has 18 heavy (non-hydrogen) atoms. The zero-order valence-electron chi connectivity index (χ0n) is 11.0. The van der Waals surface area contributed by atoms with Crippen molar-refractivity contribution in [2.75, 3.05) is 11.9 Å². The van der Waals surface area contributed by atoms with E-state index >= 15 is 0 Å². The van der Waals surface area contributed by atoms with E-state index in [1.54, 1.807) is 0 Å². The number of anilines is 1. The lowest BCUT2D eigenvalue weighted by Gasteiger charge is -2.20. The highest BCUT2D eigenvalue weighted by atomic mass is 15.1. The molecule has 1 unspecified atom stereocenters. The summed E-state index contributed by atoms with van der Waals surface area (Å²) in [4.78, 5) is 2.24. The van der Waals surface area contributed by atoms with Crippen LogP contribution in [-0.4, -0.2) is 7.05 Å². The van der Waals surface area contributed by atoms with Gasteiger partial charge in [-0.2, -0.15) is 0 Å². The molecule has 0 amide bonds. The molecule has 0 heterocycles. The lowest BCUT2D eigenvalue weighted by Crippen LogP contribution is -2.16. The number of rotatable bonds is 4. The smallest absolute Gasteiger partial charge is 0.0426 e. The van der Waals surface area contributed by atoms with Gasteiger partial charge in [-0.15, -0.1) is 0 Å². The normalized spacial score (nSPS) is 12.2. The van der Waals surface area contributed by atoms with Gasteiger partial charge >= 0.3 is 0 Å². The van der Waals surface area contributed by atoms with Crippen LogP contribution in [0.15, 0.2) is 54.6 Å². The van der Waals surface area contributed by atoms with Crippen molar-refractivity contribution in [2.45, 2.75) is 19.5 Å². The van der Waals surface area contributed by atoms with Crippen molar-refractivity contribution >= 4 is 5.69 Å². The summed E-state index contributed by atoms with van der Waals surface area (Å²) in [6, 6.07) is 19.0. The minimum atomic E-state index is 0.0958. The van der Waals surface area contributed by atoms with Gasteiger partial charge in [-0.25, -0.2) is 0 Å². The SMILES string of the molecule is CC(N)c1ccc(N(C)Cc2ccccc2)cc1. The maximum Gasteiger partial charge on any atom is 0.0426 e. The highest BCUT2D eigenvalue weighted by molar-refractivity contribution is 5.47. The molecule has 2 aromatic carbocycles. The highest BCUT2D eigenvalue weighted by Crippen LogP contribution is 2.18. The Labute approximate surface area is 109 Å². The number of nitrogens with zero attached hydrogens (tertiary/aromatic N) is 1. The van der Waals surface area contributed by atoms with Gasteiger partial charge < -0.3 is 10.6 Å². The van der Waals surface area contributed by atoms with Crippen LogP contribution >= 0.6 is 0 Å². The first-order valence-electron chi connectivity index (χ1n) is 6.27. The molecule has 0 aliphatic rings. The molecule has 0 bridgehead atoms. The average Bonchev–Trinajstić information content (AvgIpc) is 2.40. The molecule has 0 saturated heterocycles. The Hall–Kier alpha value is -1.80. The van der Waals surface area contributed by atoms with Crippen LogP contribution in [0.5, 0.6) is 0 Å². The summed E-state index contributed by atoms with van der Waals surface area (Å²) in [6.07, 6.45) is 0. The van der Waals surface area contributed by atoms with E-state index in [-0.39, 0.29) is 6.04 Å². The Kier molecular flexibility index (Phi) is 4.00. The largest absolute Gasteiger partial charge is 0.370 e. The number of hydrogen-bond donors (Lipinski definition) is 1. The second-order valence-electron chi connectivity index (χ2n) is 4.72. The maximum atomic E-state index is 5.85. The van der Waals surface area contributed by atoms with E-state index in [4.69, 9.17) is 5.73 Å². The van der Waals surface area contributed by atoms with Crippen LogP contribution in [0.1, 0.15) is 24.1 Å². The minimum absolute atomic E-state index is 0.0958. The van der Waals surface area contributed by atoms with E-state index in [0.717, 1.165) is 6.54 Å². The van der Waals surface area contributed by atoms with Crippen LogP contribution in [0.3, 0.4) is 0 Å². The van der Waals surface area contributed by atoms with Crippen LogP contribution in [-0.2, 0) is 6.54 Å². The minimum Gasteiger partial charge on any atom is -0.370 e. The Morgan fingerprint density at radius 3 is 2.17 bits per heavy atom. The Morgan fingerprint density at radius 2 is 1.61 bits per heavy atom. The first-order valence-corrected chi connectivity index (χ1v) is 6.27. The second kappa shape index (κ2) is 5.69. The van der Waals surface area contributed by atoms with Crippen molar-refractivity contribution in [1.82, 2.24) is 0 Å². The zero-order valence-corrected chi connectivity index (χ0v) is 11.0. The van der Waals surface area contributed by atoms with Gasteiger partial charge in [0.1, 0.15) is 0 Å². The quantitative estimate of drug-likeness (QED) is 0.888. The molecular weight excluding hydrogens is 220 g/mol. The van der Waals surface area contributed by atoms with Gasteiger partial charge in [0.05, 0.1) is 0 Å². The summed E-state index contributed by atoms with van der Waals surface area (Å²) in [6.45, 7) is 2.92. The summed E-state index contributed by atoms with van der Waals surface area (Å²) in [5.74, 6) is 0. The lowest BCUT2D eigenvalue weighted by atomic mass is 10.1. The Morgan fingerprint density at radius 1 is 1.00 bits per heavy atom. The van der Waals surface area contributed by atoms with Crippen LogP contribution in [0.25, 0.3) is 0 Å². The van der Waals surface area contributed by atoms with Gasteiger partial charge in [0, 0.05) is 25.3 Å². The van der Waals surface area contributed by atoms with Crippen LogP contribution < -0.4 is 10.6 Å². The third kappa shape index (κ3) is 3.11. The lowest BCUT2D eigenvalue weighted by molar-refractivity contribution is 0.817. The molecule has 0 aromatic heterocycles. The fourth-order valence-electron chi connectivity index (χ4n) is 1.98. The van der Waals surface area contributed by atoms with Gasteiger partial charge in [0.15, 0.2) is 0 Å². The number of nitrogens with two attached hydrogens (primary N) is 1. The fourth-order valence-corrected chi connectivity index (χ4v) is 1.98. The molecular formula is C16H20N2. The fraction of sp³-hybridized carbons (Fsp3) is 0.250. The first-order chi connectivity index (χ1) is 8.66. The standard InChI is InChI=1S/C16H20N2/c1-13(17)15-8-10-16(11-9-15)18(2)12-14-6-4-3-5-7-14/h3-11,13H,12,17H2,1-2H3. The molecule has 2 aromatic rings. The van der Waals surface area contributed by atoms with Crippen molar-refractivity contribution in [3.63, 3.8) is 0 Å². The summed E-state index contributed by atoms with van der Waals surface area (Å²) < 4.78 is 0. The van der Waals surface area contributed by atoms with E-state index in [2.05, 4.69) is 60.5 Å². The average molecular weight is 240 g/mol. The van der Waals surface area contributed by atoms with Gasteiger partial charge in [-0.05, 0) is 30.2 Å². The van der Waals surface area contributed by atoms with E-state index in [1.807, 2.05) is 13.0 Å². The van der Waals surface area contributed by atoms with Crippen molar-refractivity contribution in [2.24, 2.45) is 5.73 Å². The second-order valence-corrected chi connectivity index (χ2v) is 4.72. The van der Waals surface area contributed by atoms with Gasteiger partial charge in [0.2, 0.25) is 0 Å². The van der Waals surface area contributed by atoms with E-state index in [9.17, 15) is 0 Å². The highest BCUT2D eigenvalue weighted by Gasteiger charge is 2.03. The topological polar surface area (TPSA) is 29.3 Å². The molecule has 0 aliphatic carbocycles. The van der Waals surface area contributed by atoms with E-state index in [0.29, 0.717) is 0 Å². The molecule has 2 N–H and O–H groups in total. The van der Waals surface area contributed by atoms with Crippen molar-refractivity contribution in [1.29, 1.82) is 0 Å². The third-order valence-electron chi connectivity index (χ3n) is 3.12. The van der Waals surface area contributed by atoms with Crippen LogP contribution in [0, 0.1) is 0 Å². The molecule has 94 valence electrons. The molecule has 0 fully saturated rings. The first kappa shape index (κ1) is 12.7. The summed E-state index contributed by atoms with van der Waals surface area (Å²) in [5, 5.41) is 0. The summed E-state index contributed by atoms with van der Waals surface area (Å²) >= 11 is 0. The maximum absolute atomic E-state index is 5.85. The molecule has 2 heteroatoms. The van der Waals surface area contributed by atoms with Crippen molar-refractivity contribution in [3.05, 3.63) is 65.7 Å². The number of benzene rings is 2. The van der Waals surface area contributed by atoms with E-state index in [1.165, 1.54) is 16.8 Å². The van der Waals surface area contributed by atoms with Crippen LogP contribution in [0.2, 0.25) is 0 Å². The monoisotopic (exact) mass is 240 g/mol. The zero-order chi connectivity index (χ0) is 13.0. The molecule has 0 aliphatic heterocycles. The van der Waals surface area contributed by atoms with Gasteiger partial charge in [-0.3, -0.25) is 0 Å². The van der Waals surface area contributed by atoms with Crippen molar-refractivity contribution < 1.29 is 0 Å². The number of hydrogen-bond acceptors (Lipinski definition) is 2. The summed E-state index contributed by atoms with van der Waals surface area (Å²) in [7, 11) is 2.11. The molecule has 0 saturated carbocycles. The molecule has 0 spiro atoms. The van der Waals surface area contributed by atoms with Crippen molar-refractivity contribution in [3.8, 4) is 0 Å². The van der Waals surface area contributed by atoms with Crippen LogP contribution in [0.4, 0.5) is 5.69 Å². The predicted octanol–water partition coefficient (Wildman–Crippen LogP) is 3.34. The summed E-state index contributed by atoms with van der Waals surface area (Å²) in [5.41, 5.74) is 9.55. The Balaban J connectivity index is 2.07. The van der Waals surface area contributed by atoms with Gasteiger partial charge in [0.25, 0.3) is 0 Å². The molecule has 0 radical (unpaired) electrons. The Bertz CT molecular complexity index is 474. The third-order valence-corrected chi connectivity index (χ3v) is 3.12. The molecule has 1 atom stereocenters. The molecule has 2 nitrogen and oxygen atoms in total. The van der Waals surface area contributed by atoms with E-state index < -0.39 is 0 Å². The molecule has 2 rings (SSSR count). The van der Waals surface area contributed by atoms with Gasteiger partial charge in [-0.1, -0.05) is 42.5 Å².